The molecule has 0 aliphatic heterocycles. The molecule has 0 saturated heterocycles. The van der Waals surface area contributed by atoms with Crippen LogP contribution < -0.4 is 5.32 Å². The van der Waals surface area contributed by atoms with Crippen molar-refractivity contribution in [2.75, 3.05) is 11.9 Å². The van der Waals surface area contributed by atoms with E-state index in [1.165, 1.54) is 0 Å². The molecule has 10 heteroatoms. The number of anilines is 1. The Balaban J connectivity index is 2.01. The first-order valence-corrected chi connectivity index (χ1v) is 9.18. The summed E-state index contributed by atoms with van der Waals surface area (Å²) in [5, 5.41) is 3.63. The van der Waals surface area contributed by atoms with Crippen LogP contribution in [0.4, 0.5) is 19.0 Å². The molecule has 2 aromatic carbocycles. The van der Waals surface area contributed by atoms with Gasteiger partial charge in [0, 0.05) is 6.54 Å². The number of fused-ring (bicyclic) bond motifs is 1. The van der Waals surface area contributed by atoms with Gasteiger partial charge in [0.2, 0.25) is 0 Å². The maximum Gasteiger partial charge on any atom is 0.416 e. The Morgan fingerprint density at radius 2 is 1.83 bits per heavy atom. The van der Waals surface area contributed by atoms with Crippen LogP contribution in [0.15, 0.2) is 36.4 Å². The van der Waals surface area contributed by atoms with Crippen LogP contribution in [0.25, 0.3) is 11.0 Å². The third kappa shape index (κ3) is 4.89. The number of nitrogens with one attached hydrogen (secondary N) is 1. The van der Waals surface area contributed by atoms with Crippen LogP contribution in [0.5, 0.6) is 0 Å². The van der Waals surface area contributed by atoms with Crippen molar-refractivity contribution in [1.29, 1.82) is 0 Å². The van der Waals surface area contributed by atoms with Gasteiger partial charge in [0.25, 0.3) is 0 Å². The van der Waals surface area contributed by atoms with E-state index in [9.17, 15) is 18.0 Å². The summed E-state index contributed by atoms with van der Waals surface area (Å²) >= 11 is 11.9. The predicted molar refractivity (Wildman–Crippen MR) is 104 cm³/mol. The number of rotatable bonds is 5. The lowest BCUT2D eigenvalue weighted by molar-refractivity contribution is -0.137. The first kappa shape index (κ1) is 21.1. The summed E-state index contributed by atoms with van der Waals surface area (Å²) in [5.41, 5.74) is -0.136. The first-order valence-electron chi connectivity index (χ1n) is 8.43. The quantitative estimate of drug-likeness (QED) is 0.509. The van der Waals surface area contributed by atoms with E-state index in [1.54, 1.807) is 25.1 Å². The van der Waals surface area contributed by atoms with Crippen LogP contribution in [-0.4, -0.2) is 22.5 Å². The Kier molecular flexibility index (Phi) is 6.14. The van der Waals surface area contributed by atoms with Crippen molar-refractivity contribution in [1.82, 2.24) is 9.97 Å². The maximum atomic E-state index is 13.0. The summed E-state index contributed by atoms with van der Waals surface area (Å²) in [6, 6.07) is 7.86. The van der Waals surface area contributed by atoms with Crippen LogP contribution in [-0.2, 0) is 17.5 Å². The molecular weight excluding hydrogens is 430 g/mol. The van der Waals surface area contributed by atoms with Crippen molar-refractivity contribution in [2.45, 2.75) is 19.6 Å². The van der Waals surface area contributed by atoms with E-state index in [0.29, 0.717) is 10.0 Å². The molecule has 29 heavy (non-hydrogen) atoms. The molecule has 0 saturated carbocycles. The van der Waals surface area contributed by atoms with Crippen LogP contribution >= 0.6 is 23.2 Å². The van der Waals surface area contributed by atoms with Gasteiger partial charge in [-0.1, -0.05) is 29.3 Å². The number of halogens is 5. The number of carbonyl (C=O) groups excluding carboxylic acids is 1. The molecule has 3 aromatic rings. The van der Waals surface area contributed by atoms with Crippen LogP contribution in [0.3, 0.4) is 0 Å². The Hall–Kier alpha value is -2.58. The lowest BCUT2D eigenvalue weighted by atomic mass is 10.2. The third-order valence-corrected chi connectivity index (χ3v) is 4.64. The molecular formula is C19H14Cl2F3N3O2. The maximum absolute atomic E-state index is 13.0. The number of esters is 1. The van der Waals surface area contributed by atoms with Crippen LogP contribution in [0.1, 0.15) is 28.5 Å². The second-order valence-electron chi connectivity index (χ2n) is 5.94. The monoisotopic (exact) mass is 443 g/mol. The number of hydrogen-bond donors (Lipinski definition) is 1. The summed E-state index contributed by atoms with van der Waals surface area (Å²) < 4.78 is 44.0. The molecule has 1 aromatic heterocycles. The van der Waals surface area contributed by atoms with Gasteiger partial charge in [0.1, 0.15) is 0 Å². The number of hydrogen-bond acceptors (Lipinski definition) is 5. The molecule has 0 bridgehead atoms. The second kappa shape index (κ2) is 8.42. The molecule has 1 heterocycles. The predicted octanol–water partition coefficient (Wildman–Crippen LogP) is 5.74. The average Bonchev–Trinajstić information content (AvgIpc) is 2.67. The molecule has 152 valence electrons. The number of aromatic nitrogens is 2. The molecule has 3 rings (SSSR count). The van der Waals surface area contributed by atoms with Gasteiger partial charge in [0.15, 0.2) is 11.5 Å². The fraction of sp³-hybridized carbons (Fsp3) is 0.211. The summed E-state index contributed by atoms with van der Waals surface area (Å²) in [5.74, 6) is -0.736. The first-order chi connectivity index (χ1) is 13.7. The normalized spacial score (nSPS) is 11.5. The molecule has 0 radical (unpaired) electrons. The van der Waals surface area contributed by atoms with Gasteiger partial charge < -0.3 is 10.1 Å². The van der Waals surface area contributed by atoms with Gasteiger partial charge in [-0.2, -0.15) is 13.2 Å². The highest BCUT2D eigenvalue weighted by molar-refractivity contribution is 6.42. The summed E-state index contributed by atoms with van der Waals surface area (Å²) in [6.45, 7) is 1.92. The van der Waals surface area contributed by atoms with Gasteiger partial charge >= 0.3 is 12.1 Å². The Morgan fingerprint density at radius 3 is 2.48 bits per heavy atom. The molecule has 1 N–H and O–H groups in total. The van der Waals surface area contributed by atoms with E-state index in [1.807, 2.05) is 0 Å². The van der Waals surface area contributed by atoms with Crippen molar-refractivity contribution >= 4 is 46.0 Å². The Bertz CT molecular complexity index is 1070. The van der Waals surface area contributed by atoms with Gasteiger partial charge in [-0.15, -0.1) is 0 Å². The largest absolute Gasteiger partial charge is 0.461 e. The van der Waals surface area contributed by atoms with Crippen molar-refractivity contribution in [3.05, 3.63) is 63.3 Å². The standard InChI is InChI=1S/C19H14Cl2F3N3O2/c1-2-29-18(28)16-17(25-9-10-3-5-12(20)13(21)7-10)27-15-8-11(19(22,23)24)4-6-14(15)26-16/h3-8H,2,9H2,1H3,(H,25,27). The van der Waals surface area contributed by atoms with Gasteiger partial charge in [-0.3, -0.25) is 0 Å². The highest BCUT2D eigenvalue weighted by atomic mass is 35.5. The van der Waals surface area contributed by atoms with Crippen molar-refractivity contribution in [3.63, 3.8) is 0 Å². The number of alkyl halides is 3. The van der Waals surface area contributed by atoms with E-state index in [0.717, 1.165) is 23.8 Å². The second-order valence-corrected chi connectivity index (χ2v) is 6.76. The number of benzene rings is 2. The van der Waals surface area contributed by atoms with Crippen molar-refractivity contribution in [3.8, 4) is 0 Å². The molecule has 0 amide bonds. The number of ether oxygens (including phenoxy) is 1. The van der Waals surface area contributed by atoms with Crippen molar-refractivity contribution in [2.24, 2.45) is 0 Å². The Labute approximate surface area is 173 Å². The average molecular weight is 444 g/mol. The molecule has 0 unspecified atom stereocenters. The molecule has 0 fully saturated rings. The lowest BCUT2D eigenvalue weighted by Crippen LogP contribution is -2.14. The molecule has 0 spiro atoms. The minimum atomic E-state index is -4.52. The fourth-order valence-electron chi connectivity index (χ4n) is 2.53. The number of nitrogens with zero attached hydrogens (tertiary/aromatic N) is 2. The highest BCUT2D eigenvalue weighted by Gasteiger charge is 2.31. The third-order valence-electron chi connectivity index (χ3n) is 3.90. The van der Waals surface area contributed by atoms with E-state index in [2.05, 4.69) is 15.3 Å². The number of carbonyl (C=O) groups is 1. The van der Waals surface area contributed by atoms with Crippen molar-refractivity contribution < 1.29 is 22.7 Å². The SMILES string of the molecule is CCOC(=O)c1nc2ccc(C(F)(F)F)cc2nc1NCc1ccc(Cl)c(Cl)c1. The zero-order valence-electron chi connectivity index (χ0n) is 15.0. The van der Waals surface area contributed by atoms with Gasteiger partial charge in [0.05, 0.1) is 33.2 Å². The summed E-state index contributed by atoms with van der Waals surface area (Å²) in [7, 11) is 0. The summed E-state index contributed by atoms with van der Waals surface area (Å²) in [4.78, 5) is 20.6. The van der Waals surface area contributed by atoms with E-state index >= 15 is 0 Å². The minimum absolute atomic E-state index is 0.00125. The van der Waals surface area contributed by atoms with Gasteiger partial charge in [-0.05, 0) is 42.8 Å². The highest BCUT2D eigenvalue weighted by Crippen LogP contribution is 2.31. The molecule has 5 nitrogen and oxygen atoms in total. The van der Waals surface area contributed by atoms with E-state index in [-0.39, 0.29) is 35.7 Å². The molecule has 0 aliphatic carbocycles. The van der Waals surface area contributed by atoms with E-state index < -0.39 is 17.7 Å². The van der Waals surface area contributed by atoms with Crippen LogP contribution in [0, 0.1) is 0 Å². The smallest absolute Gasteiger partial charge is 0.416 e. The van der Waals surface area contributed by atoms with Gasteiger partial charge in [-0.25, -0.2) is 14.8 Å². The Morgan fingerprint density at radius 1 is 1.07 bits per heavy atom. The topological polar surface area (TPSA) is 64.1 Å². The zero-order valence-corrected chi connectivity index (χ0v) is 16.5. The summed E-state index contributed by atoms with van der Waals surface area (Å²) in [6.07, 6.45) is -4.52. The zero-order chi connectivity index (χ0) is 21.2. The van der Waals surface area contributed by atoms with Crippen LogP contribution in [0.2, 0.25) is 10.0 Å². The lowest BCUT2D eigenvalue weighted by Gasteiger charge is -2.13. The molecule has 0 aliphatic rings. The van der Waals surface area contributed by atoms with E-state index in [4.69, 9.17) is 27.9 Å². The fourth-order valence-corrected chi connectivity index (χ4v) is 2.85. The molecule has 0 atom stereocenters. The minimum Gasteiger partial charge on any atom is -0.461 e.